The van der Waals surface area contributed by atoms with Crippen molar-refractivity contribution in [2.24, 2.45) is 0 Å². The van der Waals surface area contributed by atoms with E-state index in [9.17, 15) is 0 Å². The van der Waals surface area contributed by atoms with E-state index in [-0.39, 0.29) is 0 Å². The zero-order valence-electron chi connectivity index (χ0n) is 14.6. The number of hydrogen-bond acceptors (Lipinski definition) is 0. The summed E-state index contributed by atoms with van der Waals surface area (Å²) in [5, 5.41) is 0. The molecule has 0 fully saturated rings. The molecule has 0 nitrogen and oxygen atoms in total. The van der Waals surface area contributed by atoms with Gasteiger partial charge in [0.2, 0.25) is 0 Å². The Hall–Kier alpha value is -2.60. The van der Waals surface area contributed by atoms with Gasteiger partial charge in [0.1, 0.15) is 0 Å². The van der Waals surface area contributed by atoms with Crippen LogP contribution in [0.1, 0.15) is 33.4 Å². The highest BCUT2D eigenvalue weighted by Crippen LogP contribution is 2.39. The molecule has 118 valence electrons. The second-order valence-electron chi connectivity index (χ2n) is 6.94. The molecule has 4 rings (SSSR count). The van der Waals surface area contributed by atoms with Crippen LogP contribution in [0.15, 0.2) is 55.1 Å². The summed E-state index contributed by atoms with van der Waals surface area (Å²) in [5.74, 6) is 0. The summed E-state index contributed by atoms with van der Waals surface area (Å²) >= 11 is 0. The average molecular weight is 310 g/mol. The molecule has 0 radical (unpaired) electrons. The molecule has 0 N–H and O–H groups in total. The molecule has 0 heteroatoms. The van der Waals surface area contributed by atoms with Crippen molar-refractivity contribution in [3.8, 4) is 22.3 Å². The Kier molecular flexibility index (Phi) is 3.42. The first kappa shape index (κ1) is 15.0. The normalized spacial score (nSPS) is 12.0. The van der Waals surface area contributed by atoms with Crippen molar-refractivity contribution in [1.29, 1.82) is 0 Å². The minimum Gasteiger partial charge on any atom is -0.0984 e. The van der Waals surface area contributed by atoms with E-state index in [1.807, 2.05) is 6.08 Å². The minimum absolute atomic E-state index is 1.04. The average Bonchev–Trinajstić information content (AvgIpc) is 2.93. The van der Waals surface area contributed by atoms with Crippen LogP contribution in [0.3, 0.4) is 0 Å². The summed E-state index contributed by atoms with van der Waals surface area (Å²) in [7, 11) is 0. The maximum absolute atomic E-state index is 4.00. The fourth-order valence-electron chi connectivity index (χ4n) is 3.76. The molecule has 0 saturated carbocycles. The molecule has 0 spiro atoms. The maximum atomic E-state index is 4.00. The van der Waals surface area contributed by atoms with Crippen molar-refractivity contribution in [1.82, 2.24) is 0 Å². The lowest BCUT2D eigenvalue weighted by molar-refractivity contribution is 1.25. The second-order valence-corrected chi connectivity index (χ2v) is 6.94. The van der Waals surface area contributed by atoms with Crippen molar-refractivity contribution in [2.45, 2.75) is 27.2 Å². The quantitative estimate of drug-likeness (QED) is 0.397. The Labute approximate surface area is 144 Å². The van der Waals surface area contributed by atoms with Crippen LogP contribution < -0.4 is 0 Å². The molecule has 0 heterocycles. The number of benzene rings is 3. The third kappa shape index (κ3) is 2.30. The van der Waals surface area contributed by atoms with Crippen molar-refractivity contribution >= 4 is 6.08 Å². The summed E-state index contributed by atoms with van der Waals surface area (Å²) in [6, 6.07) is 18.2. The first-order chi connectivity index (χ1) is 11.6. The largest absolute Gasteiger partial charge is 0.0984 e. The van der Waals surface area contributed by atoms with Crippen molar-refractivity contribution < 1.29 is 0 Å². The highest BCUT2D eigenvalue weighted by atomic mass is 14.2. The zero-order chi connectivity index (χ0) is 16.8. The van der Waals surface area contributed by atoms with Crippen LogP contribution in [-0.2, 0) is 6.42 Å². The molecular formula is C24H22. The van der Waals surface area contributed by atoms with Gasteiger partial charge < -0.3 is 0 Å². The van der Waals surface area contributed by atoms with E-state index in [1.165, 1.54) is 55.6 Å². The topological polar surface area (TPSA) is 0 Å². The van der Waals surface area contributed by atoms with Gasteiger partial charge in [-0.25, -0.2) is 0 Å². The van der Waals surface area contributed by atoms with Crippen molar-refractivity contribution in [3.05, 3.63) is 88.5 Å². The van der Waals surface area contributed by atoms with E-state index in [1.54, 1.807) is 0 Å². The molecule has 0 aromatic heterocycles. The molecular weight excluding hydrogens is 288 g/mol. The number of hydrogen-bond donors (Lipinski definition) is 0. The molecule has 0 atom stereocenters. The maximum Gasteiger partial charge on any atom is -0.00131 e. The number of rotatable bonds is 2. The first-order valence-electron chi connectivity index (χ1n) is 8.53. The predicted octanol–water partition coefficient (Wildman–Crippen LogP) is 6.49. The molecule has 0 saturated heterocycles. The lowest BCUT2D eigenvalue weighted by Gasteiger charge is -2.12. The molecule has 0 aliphatic heterocycles. The van der Waals surface area contributed by atoms with Gasteiger partial charge >= 0.3 is 0 Å². The van der Waals surface area contributed by atoms with E-state index < -0.39 is 0 Å². The molecule has 1 aliphatic rings. The van der Waals surface area contributed by atoms with Gasteiger partial charge in [0.25, 0.3) is 0 Å². The predicted molar refractivity (Wildman–Crippen MR) is 104 cm³/mol. The van der Waals surface area contributed by atoms with Gasteiger partial charge in [-0.3, -0.25) is 0 Å². The van der Waals surface area contributed by atoms with Crippen molar-refractivity contribution in [2.75, 3.05) is 0 Å². The van der Waals surface area contributed by atoms with Gasteiger partial charge in [0.15, 0.2) is 0 Å². The van der Waals surface area contributed by atoms with Crippen LogP contribution in [0.5, 0.6) is 0 Å². The smallest absolute Gasteiger partial charge is 0.00131 e. The molecule has 0 bridgehead atoms. The fraction of sp³-hybridized carbons (Fsp3) is 0.167. The summed E-state index contributed by atoms with van der Waals surface area (Å²) in [5.41, 5.74) is 13.4. The van der Waals surface area contributed by atoms with Gasteiger partial charge in [-0.2, -0.15) is 0 Å². The Morgan fingerprint density at radius 1 is 0.750 bits per heavy atom. The second kappa shape index (κ2) is 5.49. The molecule has 24 heavy (non-hydrogen) atoms. The van der Waals surface area contributed by atoms with Gasteiger partial charge in [-0.15, -0.1) is 0 Å². The van der Waals surface area contributed by atoms with Crippen molar-refractivity contribution in [3.63, 3.8) is 0 Å². The van der Waals surface area contributed by atoms with Crippen LogP contribution >= 0.6 is 0 Å². The zero-order valence-corrected chi connectivity index (χ0v) is 14.6. The SMILES string of the molecule is C=Cc1cc(C)c(C)cc1-c1ccc2c(c1)Cc1cc(C)ccc1-2. The molecule has 0 unspecified atom stereocenters. The number of aryl methyl sites for hydroxylation is 3. The summed E-state index contributed by atoms with van der Waals surface area (Å²) in [6.45, 7) is 10.5. The lowest BCUT2D eigenvalue weighted by Crippen LogP contribution is -1.90. The van der Waals surface area contributed by atoms with Crippen LogP contribution in [0.4, 0.5) is 0 Å². The van der Waals surface area contributed by atoms with E-state index in [0.717, 1.165) is 6.42 Å². The highest BCUT2D eigenvalue weighted by Gasteiger charge is 2.19. The van der Waals surface area contributed by atoms with Crippen LogP contribution in [0, 0.1) is 20.8 Å². The molecule has 3 aromatic rings. The van der Waals surface area contributed by atoms with Gasteiger partial charge in [-0.05, 0) is 77.3 Å². The van der Waals surface area contributed by atoms with Gasteiger partial charge in [0, 0.05) is 0 Å². The van der Waals surface area contributed by atoms with Crippen LogP contribution in [0.25, 0.3) is 28.3 Å². The van der Waals surface area contributed by atoms with Crippen LogP contribution in [0.2, 0.25) is 0 Å². The molecule has 3 aromatic carbocycles. The molecule has 0 amide bonds. The van der Waals surface area contributed by atoms with E-state index >= 15 is 0 Å². The Morgan fingerprint density at radius 3 is 2.17 bits per heavy atom. The summed E-state index contributed by atoms with van der Waals surface area (Å²) < 4.78 is 0. The lowest BCUT2D eigenvalue weighted by atomic mass is 9.92. The first-order valence-corrected chi connectivity index (χ1v) is 8.53. The number of fused-ring (bicyclic) bond motifs is 3. The Bertz CT molecular complexity index is 974. The highest BCUT2D eigenvalue weighted by molar-refractivity contribution is 5.83. The fourth-order valence-corrected chi connectivity index (χ4v) is 3.76. The van der Waals surface area contributed by atoms with E-state index in [0.29, 0.717) is 0 Å². The van der Waals surface area contributed by atoms with E-state index in [4.69, 9.17) is 0 Å². The summed E-state index contributed by atoms with van der Waals surface area (Å²) in [4.78, 5) is 0. The molecule has 1 aliphatic carbocycles. The standard InChI is InChI=1S/C24H22/c1-5-18-11-16(3)17(4)12-24(18)19-7-9-23-21(13-19)14-20-10-15(2)6-8-22(20)23/h5-13H,1,14H2,2-4H3. The minimum atomic E-state index is 1.04. The van der Waals surface area contributed by atoms with Gasteiger partial charge in [-0.1, -0.05) is 66.7 Å². The van der Waals surface area contributed by atoms with Crippen LogP contribution in [-0.4, -0.2) is 0 Å². The van der Waals surface area contributed by atoms with Gasteiger partial charge in [0.05, 0.1) is 0 Å². The Balaban J connectivity index is 1.84. The third-order valence-electron chi connectivity index (χ3n) is 5.23. The third-order valence-corrected chi connectivity index (χ3v) is 5.23. The van der Waals surface area contributed by atoms with E-state index in [2.05, 4.69) is 75.9 Å². The monoisotopic (exact) mass is 310 g/mol. The Morgan fingerprint density at radius 2 is 1.42 bits per heavy atom. The summed E-state index contributed by atoms with van der Waals surface area (Å²) in [6.07, 6.45) is 3.00.